The van der Waals surface area contributed by atoms with E-state index in [1.165, 1.54) is 13.3 Å². The number of hydrazone groups is 1. The van der Waals surface area contributed by atoms with E-state index in [1.807, 2.05) is 6.92 Å². The van der Waals surface area contributed by atoms with Crippen LogP contribution in [0, 0.1) is 6.92 Å². The number of halogens is 2. The highest BCUT2D eigenvalue weighted by Crippen LogP contribution is 2.29. The van der Waals surface area contributed by atoms with Crippen LogP contribution in [0.5, 0.6) is 17.2 Å². The standard InChI is InChI=1S/C24H20Cl2N2O5/c1-15-11-17(25)8-10-20(15)32-14-23(29)28-27-13-16-7-9-21(22(12-16)31-2)33-24(30)18-5-3-4-6-19(18)26/h3-13H,14H2,1-2H3,(H,28,29). The molecule has 0 aliphatic heterocycles. The van der Waals surface area contributed by atoms with Crippen LogP contribution in [0.4, 0.5) is 0 Å². The zero-order chi connectivity index (χ0) is 23.8. The molecule has 0 saturated carbocycles. The quantitative estimate of drug-likeness (QED) is 0.208. The lowest BCUT2D eigenvalue weighted by Crippen LogP contribution is -2.24. The Morgan fingerprint density at radius 2 is 1.76 bits per heavy atom. The topological polar surface area (TPSA) is 86.2 Å². The number of aryl methyl sites for hydroxylation is 1. The van der Waals surface area contributed by atoms with Crippen molar-refractivity contribution in [1.82, 2.24) is 5.43 Å². The lowest BCUT2D eigenvalue weighted by Gasteiger charge is -2.10. The molecule has 3 rings (SSSR count). The van der Waals surface area contributed by atoms with E-state index in [0.29, 0.717) is 22.1 Å². The molecule has 1 amide bonds. The Labute approximate surface area is 200 Å². The van der Waals surface area contributed by atoms with Gasteiger partial charge in [0.25, 0.3) is 5.91 Å². The van der Waals surface area contributed by atoms with Gasteiger partial charge in [0, 0.05) is 5.02 Å². The van der Waals surface area contributed by atoms with Gasteiger partial charge in [0.2, 0.25) is 0 Å². The van der Waals surface area contributed by atoms with Crippen LogP contribution in [0.25, 0.3) is 0 Å². The molecule has 0 heterocycles. The number of carbonyl (C=O) groups excluding carboxylic acids is 2. The highest BCUT2D eigenvalue weighted by Gasteiger charge is 2.15. The van der Waals surface area contributed by atoms with Crippen LogP contribution in [-0.2, 0) is 4.79 Å². The Morgan fingerprint density at radius 3 is 2.48 bits per heavy atom. The molecule has 0 aliphatic carbocycles. The third-order valence-electron chi connectivity index (χ3n) is 4.38. The number of methoxy groups -OCH3 is 1. The van der Waals surface area contributed by atoms with Crippen LogP contribution < -0.4 is 19.6 Å². The molecule has 0 fully saturated rings. The van der Waals surface area contributed by atoms with Gasteiger partial charge in [-0.25, -0.2) is 10.2 Å². The maximum atomic E-state index is 12.4. The van der Waals surface area contributed by atoms with E-state index in [4.69, 9.17) is 37.4 Å². The van der Waals surface area contributed by atoms with Crippen molar-refractivity contribution in [2.45, 2.75) is 6.92 Å². The van der Waals surface area contributed by atoms with E-state index in [-0.39, 0.29) is 22.9 Å². The van der Waals surface area contributed by atoms with Crippen molar-refractivity contribution in [3.63, 3.8) is 0 Å². The second-order valence-electron chi connectivity index (χ2n) is 6.77. The molecule has 33 heavy (non-hydrogen) atoms. The lowest BCUT2D eigenvalue weighted by atomic mass is 10.2. The molecule has 0 atom stereocenters. The third kappa shape index (κ3) is 6.71. The van der Waals surface area contributed by atoms with Crippen LogP contribution in [0.15, 0.2) is 65.8 Å². The highest BCUT2D eigenvalue weighted by atomic mass is 35.5. The van der Waals surface area contributed by atoms with Crippen LogP contribution in [0.3, 0.4) is 0 Å². The lowest BCUT2D eigenvalue weighted by molar-refractivity contribution is -0.123. The first-order valence-electron chi connectivity index (χ1n) is 9.73. The van der Waals surface area contributed by atoms with Gasteiger partial charge in [-0.1, -0.05) is 35.3 Å². The maximum Gasteiger partial charge on any atom is 0.345 e. The van der Waals surface area contributed by atoms with E-state index >= 15 is 0 Å². The molecule has 0 saturated heterocycles. The van der Waals surface area contributed by atoms with Crippen molar-refractivity contribution in [2.24, 2.45) is 5.10 Å². The van der Waals surface area contributed by atoms with Gasteiger partial charge in [0.15, 0.2) is 18.1 Å². The normalized spacial score (nSPS) is 10.7. The molecule has 0 radical (unpaired) electrons. The van der Waals surface area contributed by atoms with Crippen molar-refractivity contribution in [3.8, 4) is 17.2 Å². The summed E-state index contributed by atoms with van der Waals surface area (Å²) in [6.45, 7) is 1.63. The second-order valence-corrected chi connectivity index (χ2v) is 7.61. The summed E-state index contributed by atoms with van der Waals surface area (Å²) in [7, 11) is 1.45. The monoisotopic (exact) mass is 486 g/mol. The van der Waals surface area contributed by atoms with Gasteiger partial charge in [-0.3, -0.25) is 4.79 Å². The summed E-state index contributed by atoms with van der Waals surface area (Å²) in [5.74, 6) is 0.0501. The summed E-state index contributed by atoms with van der Waals surface area (Å²) in [5.41, 5.74) is 4.06. The zero-order valence-corrected chi connectivity index (χ0v) is 19.3. The zero-order valence-electron chi connectivity index (χ0n) is 17.8. The number of hydrogen-bond acceptors (Lipinski definition) is 6. The molecular weight excluding hydrogens is 467 g/mol. The molecule has 3 aromatic carbocycles. The second kappa shape index (κ2) is 11.4. The van der Waals surface area contributed by atoms with Crippen molar-refractivity contribution >= 4 is 41.3 Å². The van der Waals surface area contributed by atoms with Gasteiger partial charge in [-0.15, -0.1) is 0 Å². The largest absolute Gasteiger partial charge is 0.493 e. The van der Waals surface area contributed by atoms with E-state index in [9.17, 15) is 9.59 Å². The Morgan fingerprint density at radius 1 is 1.00 bits per heavy atom. The number of nitrogens with one attached hydrogen (secondary N) is 1. The Balaban J connectivity index is 1.58. The molecule has 7 nitrogen and oxygen atoms in total. The fourth-order valence-corrected chi connectivity index (χ4v) is 3.20. The van der Waals surface area contributed by atoms with Crippen molar-refractivity contribution in [1.29, 1.82) is 0 Å². The molecular formula is C24H20Cl2N2O5. The smallest absolute Gasteiger partial charge is 0.345 e. The fraction of sp³-hybridized carbons (Fsp3) is 0.125. The minimum absolute atomic E-state index is 0.208. The average molecular weight is 487 g/mol. The van der Waals surface area contributed by atoms with Gasteiger partial charge in [0.05, 0.1) is 23.9 Å². The number of amides is 1. The SMILES string of the molecule is COc1cc(C=NNC(=O)COc2ccc(Cl)cc2C)ccc1OC(=O)c1ccccc1Cl. The van der Waals surface area contributed by atoms with Gasteiger partial charge in [-0.05, 0) is 66.6 Å². The van der Waals surface area contributed by atoms with E-state index < -0.39 is 11.9 Å². The number of carbonyl (C=O) groups is 2. The number of ether oxygens (including phenoxy) is 3. The summed E-state index contributed by atoms with van der Waals surface area (Å²) in [4.78, 5) is 24.4. The molecule has 1 N–H and O–H groups in total. The number of hydrogen-bond donors (Lipinski definition) is 1. The summed E-state index contributed by atoms with van der Waals surface area (Å²) < 4.78 is 16.2. The number of rotatable bonds is 8. The van der Waals surface area contributed by atoms with Gasteiger partial charge in [0.1, 0.15) is 5.75 Å². The summed E-state index contributed by atoms with van der Waals surface area (Å²) in [5, 5.41) is 4.79. The fourth-order valence-electron chi connectivity index (χ4n) is 2.76. The van der Waals surface area contributed by atoms with Crippen molar-refractivity contribution < 1.29 is 23.8 Å². The van der Waals surface area contributed by atoms with E-state index in [1.54, 1.807) is 60.7 Å². The molecule has 9 heteroatoms. The van der Waals surface area contributed by atoms with Gasteiger partial charge < -0.3 is 14.2 Å². The van der Waals surface area contributed by atoms with Gasteiger partial charge in [-0.2, -0.15) is 5.10 Å². The van der Waals surface area contributed by atoms with Crippen LogP contribution >= 0.6 is 23.2 Å². The first-order chi connectivity index (χ1) is 15.9. The van der Waals surface area contributed by atoms with Crippen LogP contribution in [-0.4, -0.2) is 31.8 Å². The molecule has 0 aliphatic rings. The molecule has 0 aromatic heterocycles. The maximum absolute atomic E-state index is 12.4. The first kappa shape index (κ1) is 24.1. The molecule has 0 unspecified atom stereocenters. The number of esters is 1. The van der Waals surface area contributed by atoms with Crippen molar-refractivity contribution in [3.05, 3.63) is 87.4 Å². The summed E-state index contributed by atoms with van der Waals surface area (Å²) in [6, 6.07) is 16.5. The molecule has 3 aromatic rings. The Kier molecular flexibility index (Phi) is 8.29. The van der Waals surface area contributed by atoms with E-state index in [2.05, 4.69) is 10.5 Å². The highest BCUT2D eigenvalue weighted by molar-refractivity contribution is 6.33. The summed E-state index contributed by atoms with van der Waals surface area (Å²) >= 11 is 11.9. The van der Waals surface area contributed by atoms with E-state index in [0.717, 1.165) is 5.56 Å². The van der Waals surface area contributed by atoms with Crippen molar-refractivity contribution in [2.75, 3.05) is 13.7 Å². The minimum Gasteiger partial charge on any atom is -0.493 e. The minimum atomic E-state index is -0.608. The Bertz CT molecular complexity index is 1200. The molecule has 0 spiro atoms. The predicted molar refractivity (Wildman–Crippen MR) is 127 cm³/mol. The number of benzene rings is 3. The predicted octanol–water partition coefficient (Wildman–Crippen LogP) is 5.06. The number of nitrogens with zero attached hydrogens (tertiary/aromatic N) is 1. The van der Waals surface area contributed by atoms with Gasteiger partial charge >= 0.3 is 5.97 Å². The average Bonchev–Trinajstić information content (AvgIpc) is 2.79. The van der Waals surface area contributed by atoms with Crippen LogP contribution in [0.1, 0.15) is 21.5 Å². The first-order valence-corrected chi connectivity index (χ1v) is 10.5. The third-order valence-corrected chi connectivity index (χ3v) is 4.95. The summed E-state index contributed by atoms with van der Waals surface area (Å²) in [6.07, 6.45) is 1.42. The van der Waals surface area contributed by atoms with Crippen LogP contribution in [0.2, 0.25) is 10.0 Å². The molecule has 170 valence electrons. The Hall–Kier alpha value is -3.55. The molecule has 0 bridgehead atoms.